The minimum atomic E-state index is -0.893. The lowest BCUT2D eigenvalue weighted by molar-refractivity contribution is 0.352. The molecule has 21 heavy (non-hydrogen) atoms. The van der Waals surface area contributed by atoms with Gasteiger partial charge in [0.2, 0.25) is 0 Å². The molecule has 0 saturated heterocycles. The summed E-state index contributed by atoms with van der Waals surface area (Å²) in [6.07, 6.45) is 1.28. The monoisotopic (exact) mass is 309 g/mol. The molecule has 1 unspecified atom stereocenters. The summed E-state index contributed by atoms with van der Waals surface area (Å²) in [6.45, 7) is 0.628. The molecule has 0 aliphatic carbocycles. The van der Waals surface area contributed by atoms with Gasteiger partial charge in [-0.2, -0.15) is 0 Å². The molecular formula is C16H14ClF2NO. The summed E-state index contributed by atoms with van der Waals surface area (Å²) in [5.74, 6) is -0.953. The summed E-state index contributed by atoms with van der Waals surface area (Å²) in [7, 11) is 0. The largest absolute Gasteiger partial charge is 0.493 e. The molecule has 2 aromatic rings. The zero-order chi connectivity index (χ0) is 15.0. The van der Waals surface area contributed by atoms with E-state index in [0.717, 1.165) is 35.4 Å². The zero-order valence-corrected chi connectivity index (χ0v) is 12.0. The van der Waals surface area contributed by atoms with Gasteiger partial charge in [-0.1, -0.05) is 17.7 Å². The Labute approximate surface area is 126 Å². The van der Waals surface area contributed by atoms with E-state index in [1.165, 1.54) is 6.07 Å². The molecule has 1 aliphatic heterocycles. The zero-order valence-electron chi connectivity index (χ0n) is 11.2. The van der Waals surface area contributed by atoms with Crippen LogP contribution in [-0.2, 0) is 12.8 Å². The van der Waals surface area contributed by atoms with Crippen LogP contribution in [0.25, 0.3) is 0 Å². The summed E-state index contributed by atoms with van der Waals surface area (Å²) in [5.41, 5.74) is 8.61. The second-order valence-corrected chi connectivity index (χ2v) is 5.57. The van der Waals surface area contributed by atoms with Crippen molar-refractivity contribution in [2.45, 2.75) is 18.9 Å². The molecule has 2 nitrogen and oxygen atoms in total. The first kappa shape index (κ1) is 14.3. The maximum atomic E-state index is 13.3. The van der Waals surface area contributed by atoms with E-state index in [4.69, 9.17) is 22.1 Å². The van der Waals surface area contributed by atoms with Gasteiger partial charge in [0, 0.05) is 17.5 Å². The first-order chi connectivity index (χ1) is 10.0. The molecule has 2 aromatic carbocycles. The van der Waals surface area contributed by atoms with Crippen molar-refractivity contribution in [3.05, 3.63) is 63.7 Å². The van der Waals surface area contributed by atoms with Crippen molar-refractivity contribution >= 4 is 11.6 Å². The summed E-state index contributed by atoms with van der Waals surface area (Å²) < 4.78 is 31.9. The number of nitrogens with two attached hydrogens (primary N) is 1. The van der Waals surface area contributed by atoms with Crippen molar-refractivity contribution in [1.82, 2.24) is 0 Å². The number of fused-ring (bicyclic) bond motifs is 1. The Hall–Kier alpha value is -1.65. The average molecular weight is 310 g/mol. The second-order valence-electron chi connectivity index (χ2n) is 5.14. The molecule has 0 aromatic heterocycles. The fourth-order valence-electron chi connectivity index (χ4n) is 2.60. The average Bonchev–Trinajstić information content (AvgIpc) is 2.90. The van der Waals surface area contributed by atoms with Crippen LogP contribution in [0.3, 0.4) is 0 Å². The van der Waals surface area contributed by atoms with Gasteiger partial charge in [-0.3, -0.25) is 0 Å². The number of ether oxygens (including phenoxy) is 1. The quantitative estimate of drug-likeness (QED) is 0.936. The van der Waals surface area contributed by atoms with Crippen LogP contribution in [0.2, 0.25) is 5.02 Å². The van der Waals surface area contributed by atoms with Crippen LogP contribution in [0.1, 0.15) is 22.7 Å². The summed E-state index contributed by atoms with van der Waals surface area (Å²) in [5, 5.41) is 0.631. The Morgan fingerprint density at radius 3 is 2.76 bits per heavy atom. The Kier molecular flexibility index (Phi) is 3.83. The van der Waals surface area contributed by atoms with Gasteiger partial charge in [0.15, 0.2) is 11.6 Å². The third-order valence-electron chi connectivity index (χ3n) is 3.64. The standard InChI is InChI=1S/C16H14ClF2NO/c17-12-5-10-3-4-21-16(10)11(6-12)8-15(20)9-1-2-13(18)14(19)7-9/h1-2,5-7,15H,3-4,8,20H2. The van der Waals surface area contributed by atoms with Gasteiger partial charge < -0.3 is 10.5 Å². The Bertz CT molecular complexity index is 690. The molecule has 1 atom stereocenters. The lowest BCUT2D eigenvalue weighted by Gasteiger charge is -2.15. The molecule has 0 bridgehead atoms. The van der Waals surface area contributed by atoms with E-state index >= 15 is 0 Å². The van der Waals surface area contributed by atoms with Gasteiger partial charge in [0.25, 0.3) is 0 Å². The molecule has 0 fully saturated rings. The highest BCUT2D eigenvalue weighted by atomic mass is 35.5. The van der Waals surface area contributed by atoms with Crippen molar-refractivity contribution in [3.63, 3.8) is 0 Å². The van der Waals surface area contributed by atoms with Gasteiger partial charge >= 0.3 is 0 Å². The lowest BCUT2D eigenvalue weighted by Crippen LogP contribution is -2.14. The molecule has 2 N–H and O–H groups in total. The van der Waals surface area contributed by atoms with Gasteiger partial charge in [0.05, 0.1) is 6.61 Å². The molecule has 5 heteroatoms. The molecule has 0 radical (unpaired) electrons. The highest BCUT2D eigenvalue weighted by Crippen LogP contribution is 2.35. The molecule has 3 rings (SSSR count). The first-order valence-electron chi connectivity index (χ1n) is 6.69. The summed E-state index contributed by atoms with van der Waals surface area (Å²) in [4.78, 5) is 0. The first-order valence-corrected chi connectivity index (χ1v) is 7.07. The maximum Gasteiger partial charge on any atom is 0.159 e. The van der Waals surface area contributed by atoms with Crippen LogP contribution in [-0.4, -0.2) is 6.61 Å². The van der Waals surface area contributed by atoms with Crippen LogP contribution in [0.4, 0.5) is 8.78 Å². The normalized spacial score (nSPS) is 14.7. The summed E-state index contributed by atoms with van der Waals surface area (Å²) >= 11 is 6.10. The smallest absolute Gasteiger partial charge is 0.159 e. The van der Waals surface area contributed by atoms with E-state index in [1.54, 1.807) is 0 Å². The van der Waals surface area contributed by atoms with Gasteiger partial charge in [0.1, 0.15) is 5.75 Å². The third kappa shape index (κ3) is 2.87. The SMILES string of the molecule is NC(Cc1cc(Cl)cc2c1OCC2)c1ccc(F)c(F)c1. The van der Waals surface area contributed by atoms with Crippen molar-refractivity contribution in [2.75, 3.05) is 6.61 Å². The lowest BCUT2D eigenvalue weighted by atomic mass is 9.97. The van der Waals surface area contributed by atoms with E-state index in [2.05, 4.69) is 0 Å². The summed E-state index contributed by atoms with van der Waals surface area (Å²) in [6, 6.07) is 6.96. The molecule has 0 amide bonds. The highest BCUT2D eigenvalue weighted by molar-refractivity contribution is 6.30. The fraction of sp³-hybridized carbons (Fsp3) is 0.250. The van der Waals surface area contributed by atoms with Crippen molar-refractivity contribution < 1.29 is 13.5 Å². The Balaban J connectivity index is 1.88. The van der Waals surface area contributed by atoms with Crippen LogP contribution < -0.4 is 10.5 Å². The topological polar surface area (TPSA) is 35.2 Å². The number of hydrogen-bond acceptors (Lipinski definition) is 2. The van der Waals surface area contributed by atoms with E-state index in [-0.39, 0.29) is 0 Å². The van der Waals surface area contributed by atoms with Gasteiger partial charge in [-0.25, -0.2) is 8.78 Å². The molecular weight excluding hydrogens is 296 g/mol. The Morgan fingerprint density at radius 2 is 2.00 bits per heavy atom. The predicted octanol–water partition coefficient (Wildman–Crippen LogP) is 3.80. The fourth-order valence-corrected chi connectivity index (χ4v) is 2.86. The maximum absolute atomic E-state index is 13.3. The van der Waals surface area contributed by atoms with E-state index in [0.29, 0.717) is 23.6 Å². The van der Waals surface area contributed by atoms with Crippen molar-refractivity contribution in [1.29, 1.82) is 0 Å². The predicted molar refractivity (Wildman–Crippen MR) is 77.6 cm³/mol. The van der Waals surface area contributed by atoms with Crippen LogP contribution in [0.5, 0.6) is 5.75 Å². The second kappa shape index (κ2) is 5.62. The van der Waals surface area contributed by atoms with Gasteiger partial charge in [-0.15, -0.1) is 0 Å². The van der Waals surface area contributed by atoms with E-state index in [1.807, 2.05) is 12.1 Å². The number of rotatable bonds is 3. The molecule has 110 valence electrons. The van der Waals surface area contributed by atoms with E-state index in [9.17, 15) is 8.78 Å². The minimum Gasteiger partial charge on any atom is -0.493 e. The number of hydrogen-bond donors (Lipinski definition) is 1. The highest BCUT2D eigenvalue weighted by Gasteiger charge is 2.20. The molecule has 1 heterocycles. The molecule has 0 spiro atoms. The van der Waals surface area contributed by atoms with Gasteiger partial charge in [-0.05, 0) is 47.4 Å². The number of halogens is 3. The van der Waals surface area contributed by atoms with Crippen LogP contribution >= 0.6 is 11.6 Å². The van der Waals surface area contributed by atoms with Crippen LogP contribution in [0, 0.1) is 11.6 Å². The van der Waals surface area contributed by atoms with E-state index < -0.39 is 17.7 Å². The number of benzene rings is 2. The molecule has 0 saturated carbocycles. The van der Waals surface area contributed by atoms with Crippen molar-refractivity contribution in [3.8, 4) is 5.75 Å². The van der Waals surface area contributed by atoms with Crippen LogP contribution in [0.15, 0.2) is 30.3 Å². The third-order valence-corrected chi connectivity index (χ3v) is 3.86. The van der Waals surface area contributed by atoms with Crippen molar-refractivity contribution in [2.24, 2.45) is 5.73 Å². The minimum absolute atomic E-state index is 0.452. The molecule has 1 aliphatic rings. The Morgan fingerprint density at radius 1 is 1.19 bits per heavy atom.